The van der Waals surface area contributed by atoms with Gasteiger partial charge in [0.1, 0.15) is 11.6 Å². The van der Waals surface area contributed by atoms with Crippen molar-refractivity contribution in [1.82, 2.24) is 10.1 Å². The van der Waals surface area contributed by atoms with E-state index >= 15 is 0 Å². The third-order valence-electron chi connectivity index (χ3n) is 4.84. The number of rotatable bonds is 4. The van der Waals surface area contributed by atoms with Crippen molar-refractivity contribution in [2.75, 3.05) is 10.6 Å². The molecule has 0 fully saturated rings. The van der Waals surface area contributed by atoms with Gasteiger partial charge in [-0.05, 0) is 62.4 Å². The second-order valence-electron chi connectivity index (χ2n) is 6.99. The molecule has 1 aliphatic rings. The average Bonchev–Trinajstić information content (AvgIpc) is 3.14. The highest BCUT2D eigenvalue weighted by Crippen LogP contribution is 2.25. The zero-order chi connectivity index (χ0) is 20.4. The van der Waals surface area contributed by atoms with Crippen LogP contribution in [0.1, 0.15) is 50.6 Å². The fourth-order valence-corrected chi connectivity index (χ4v) is 3.36. The summed E-state index contributed by atoms with van der Waals surface area (Å²) < 4.78 is 5.26. The molecule has 148 valence electrons. The molecular weight excluding hydrogens is 372 g/mol. The lowest BCUT2D eigenvalue weighted by Crippen LogP contribution is -2.16. The molecule has 8 nitrogen and oxygen atoms in total. The van der Waals surface area contributed by atoms with Crippen LogP contribution in [0.4, 0.5) is 11.5 Å². The molecule has 29 heavy (non-hydrogen) atoms. The molecule has 2 heterocycles. The summed E-state index contributed by atoms with van der Waals surface area (Å²) in [7, 11) is 0. The van der Waals surface area contributed by atoms with Crippen molar-refractivity contribution >= 4 is 23.3 Å². The van der Waals surface area contributed by atoms with Gasteiger partial charge >= 0.3 is 0 Å². The minimum Gasteiger partial charge on any atom is -0.508 e. The lowest BCUT2D eigenvalue weighted by molar-refractivity contribution is 0.0985. The van der Waals surface area contributed by atoms with E-state index in [0.29, 0.717) is 22.6 Å². The van der Waals surface area contributed by atoms with E-state index < -0.39 is 0 Å². The fourth-order valence-electron chi connectivity index (χ4n) is 3.36. The monoisotopic (exact) mass is 392 g/mol. The Morgan fingerprint density at radius 3 is 2.72 bits per heavy atom. The highest BCUT2D eigenvalue weighted by atomic mass is 16.5. The van der Waals surface area contributed by atoms with Gasteiger partial charge in [-0.25, -0.2) is 4.98 Å². The number of carbonyl (C=O) groups is 2. The predicted octanol–water partition coefficient (Wildman–Crippen LogP) is 3.47. The normalized spacial score (nSPS) is 12.9. The number of hydrogen-bond acceptors (Lipinski definition) is 6. The first kappa shape index (κ1) is 18.7. The SMILES string of the molecule is Cc1cc(NC(=O)c2onc3c2CCCC3)cnc1NC(=O)c1cccc(O)c1. The number of carbonyl (C=O) groups excluding carboxylic acids is 2. The second kappa shape index (κ2) is 7.75. The van der Waals surface area contributed by atoms with E-state index in [1.165, 1.54) is 18.3 Å². The van der Waals surface area contributed by atoms with E-state index in [4.69, 9.17) is 4.52 Å². The molecule has 0 bridgehead atoms. The third-order valence-corrected chi connectivity index (χ3v) is 4.84. The summed E-state index contributed by atoms with van der Waals surface area (Å²) in [5.74, 6) is -0.123. The van der Waals surface area contributed by atoms with Crippen LogP contribution >= 0.6 is 0 Å². The van der Waals surface area contributed by atoms with Crippen molar-refractivity contribution in [3.05, 3.63) is 64.7 Å². The minimum absolute atomic E-state index is 0.00926. The molecule has 2 aromatic heterocycles. The maximum absolute atomic E-state index is 12.6. The Labute approximate surface area is 166 Å². The first-order chi connectivity index (χ1) is 14.0. The van der Waals surface area contributed by atoms with Gasteiger partial charge in [0, 0.05) is 11.1 Å². The van der Waals surface area contributed by atoms with Gasteiger partial charge in [0.15, 0.2) is 0 Å². The summed E-state index contributed by atoms with van der Waals surface area (Å²) in [6.07, 6.45) is 5.16. The van der Waals surface area contributed by atoms with Crippen LogP contribution in [0.3, 0.4) is 0 Å². The molecule has 1 aromatic carbocycles. The Bertz CT molecular complexity index is 1090. The molecule has 1 aliphatic carbocycles. The van der Waals surface area contributed by atoms with E-state index in [9.17, 15) is 14.7 Å². The quantitative estimate of drug-likeness (QED) is 0.626. The van der Waals surface area contributed by atoms with Crippen molar-refractivity contribution in [3.8, 4) is 5.75 Å². The smallest absolute Gasteiger partial charge is 0.294 e. The van der Waals surface area contributed by atoms with Crippen LogP contribution in [0.5, 0.6) is 5.75 Å². The third kappa shape index (κ3) is 3.96. The van der Waals surface area contributed by atoms with Gasteiger partial charge in [-0.1, -0.05) is 11.2 Å². The van der Waals surface area contributed by atoms with E-state index in [1.807, 2.05) is 0 Å². The van der Waals surface area contributed by atoms with Crippen LogP contribution in [-0.4, -0.2) is 27.1 Å². The summed E-state index contributed by atoms with van der Waals surface area (Å²) in [5, 5.41) is 19.0. The number of benzene rings is 1. The number of phenols is 1. The summed E-state index contributed by atoms with van der Waals surface area (Å²) in [4.78, 5) is 29.1. The van der Waals surface area contributed by atoms with Crippen molar-refractivity contribution in [1.29, 1.82) is 0 Å². The molecule has 0 unspecified atom stereocenters. The molecule has 3 N–H and O–H groups in total. The van der Waals surface area contributed by atoms with Crippen LogP contribution in [0, 0.1) is 6.92 Å². The molecule has 4 rings (SSSR count). The number of pyridine rings is 1. The first-order valence-corrected chi connectivity index (χ1v) is 9.37. The number of nitrogens with one attached hydrogen (secondary N) is 2. The number of nitrogens with zero attached hydrogens (tertiary/aromatic N) is 2. The molecule has 0 radical (unpaired) electrons. The molecule has 0 saturated heterocycles. The molecule has 2 amide bonds. The fraction of sp³-hybridized carbons (Fsp3) is 0.238. The summed E-state index contributed by atoms with van der Waals surface area (Å²) in [5.41, 5.74) is 3.23. The summed E-state index contributed by atoms with van der Waals surface area (Å²) in [6.45, 7) is 1.77. The molecule has 0 atom stereocenters. The zero-order valence-corrected chi connectivity index (χ0v) is 15.9. The number of aromatic nitrogens is 2. The Balaban J connectivity index is 1.46. The number of aryl methyl sites for hydroxylation is 2. The van der Waals surface area contributed by atoms with Gasteiger partial charge in [-0.3, -0.25) is 9.59 Å². The summed E-state index contributed by atoms with van der Waals surface area (Å²) in [6, 6.07) is 7.76. The Kier molecular flexibility index (Phi) is 4.99. The van der Waals surface area contributed by atoms with Crippen LogP contribution in [0.2, 0.25) is 0 Å². The molecular formula is C21H20N4O4. The predicted molar refractivity (Wildman–Crippen MR) is 106 cm³/mol. The van der Waals surface area contributed by atoms with Crippen molar-refractivity contribution in [2.45, 2.75) is 32.6 Å². The van der Waals surface area contributed by atoms with Crippen molar-refractivity contribution < 1.29 is 19.2 Å². The van der Waals surface area contributed by atoms with Gasteiger partial charge in [0.05, 0.1) is 17.6 Å². The Morgan fingerprint density at radius 2 is 1.93 bits per heavy atom. The Hall–Kier alpha value is -3.68. The largest absolute Gasteiger partial charge is 0.508 e. The zero-order valence-electron chi connectivity index (χ0n) is 15.9. The maximum Gasteiger partial charge on any atom is 0.294 e. The number of hydrogen-bond donors (Lipinski definition) is 3. The topological polar surface area (TPSA) is 117 Å². The highest BCUT2D eigenvalue weighted by Gasteiger charge is 2.24. The number of phenolic OH excluding ortho intramolecular Hbond substituents is 1. The molecule has 8 heteroatoms. The molecule has 3 aromatic rings. The van der Waals surface area contributed by atoms with Crippen LogP contribution in [-0.2, 0) is 12.8 Å². The second-order valence-corrected chi connectivity index (χ2v) is 6.99. The summed E-state index contributed by atoms with van der Waals surface area (Å²) >= 11 is 0. The standard InChI is InChI=1S/C21H20N4O4/c1-12-9-14(23-21(28)18-16-7-2-3-8-17(16)25-29-18)11-22-19(12)24-20(27)13-5-4-6-15(26)10-13/h4-6,9-11,26H,2-3,7-8H2,1H3,(H,23,28)(H,22,24,27). The Morgan fingerprint density at radius 1 is 1.10 bits per heavy atom. The van der Waals surface area contributed by atoms with Gasteiger partial charge in [-0.2, -0.15) is 0 Å². The first-order valence-electron chi connectivity index (χ1n) is 9.37. The van der Waals surface area contributed by atoms with Crippen molar-refractivity contribution in [3.63, 3.8) is 0 Å². The van der Waals surface area contributed by atoms with Crippen LogP contribution < -0.4 is 10.6 Å². The molecule has 0 spiro atoms. The number of amides is 2. The maximum atomic E-state index is 12.6. The number of fused-ring (bicyclic) bond motifs is 1. The van der Waals surface area contributed by atoms with E-state index in [1.54, 1.807) is 25.1 Å². The van der Waals surface area contributed by atoms with Crippen molar-refractivity contribution in [2.24, 2.45) is 0 Å². The number of aromatic hydroxyl groups is 1. The van der Waals surface area contributed by atoms with Crippen LogP contribution in [0.25, 0.3) is 0 Å². The van der Waals surface area contributed by atoms with Gasteiger partial charge in [0.2, 0.25) is 5.76 Å². The van der Waals surface area contributed by atoms with Gasteiger partial charge in [0.25, 0.3) is 11.8 Å². The van der Waals surface area contributed by atoms with E-state index in [-0.39, 0.29) is 23.3 Å². The molecule has 0 saturated carbocycles. The van der Waals surface area contributed by atoms with E-state index in [0.717, 1.165) is 36.9 Å². The average molecular weight is 392 g/mol. The van der Waals surface area contributed by atoms with Crippen LogP contribution in [0.15, 0.2) is 41.1 Å². The lowest BCUT2D eigenvalue weighted by atomic mass is 9.96. The van der Waals surface area contributed by atoms with E-state index in [2.05, 4.69) is 20.8 Å². The molecule has 0 aliphatic heterocycles. The minimum atomic E-state index is -0.387. The lowest BCUT2D eigenvalue weighted by Gasteiger charge is -2.11. The van der Waals surface area contributed by atoms with Gasteiger partial charge in [-0.15, -0.1) is 0 Å². The number of anilines is 2. The highest BCUT2D eigenvalue weighted by molar-refractivity contribution is 6.05. The van der Waals surface area contributed by atoms with Gasteiger partial charge < -0.3 is 20.3 Å².